The van der Waals surface area contributed by atoms with Crippen LogP contribution in [-0.4, -0.2) is 19.1 Å². The summed E-state index contributed by atoms with van der Waals surface area (Å²) in [5.74, 6) is 1.58. The van der Waals surface area contributed by atoms with Gasteiger partial charge in [0.2, 0.25) is 0 Å². The molecule has 5 heteroatoms. The second-order valence-electron chi connectivity index (χ2n) is 14.6. The summed E-state index contributed by atoms with van der Waals surface area (Å²) in [7, 11) is 0. The molecule has 0 aliphatic heterocycles. The molecule has 57 heavy (non-hydrogen) atoms. The van der Waals surface area contributed by atoms with Crippen LogP contribution < -0.4 is 0 Å². The molecular weight excluding hydrogens is 713 g/mol. The maximum Gasteiger partial charge on any atom is 0.162 e. The Morgan fingerprint density at radius 2 is 0.877 bits per heavy atom. The number of aromatic nitrogens is 4. The van der Waals surface area contributed by atoms with Crippen molar-refractivity contribution in [1.29, 1.82) is 0 Å². The Bertz CT molecular complexity index is 3370. The first-order valence-corrected chi connectivity index (χ1v) is 20.1. The van der Waals surface area contributed by atoms with Crippen LogP contribution in [0.1, 0.15) is 0 Å². The predicted octanol–water partition coefficient (Wildman–Crippen LogP) is 14.0. The van der Waals surface area contributed by atoms with E-state index in [0.717, 1.165) is 43.7 Å². The van der Waals surface area contributed by atoms with Crippen LogP contribution in [0, 0.1) is 0 Å². The smallest absolute Gasteiger partial charge is 0.162 e. The fourth-order valence-electron chi connectivity index (χ4n) is 8.71. The van der Waals surface area contributed by atoms with Crippen LogP contribution in [0.4, 0.5) is 0 Å². The van der Waals surface area contributed by atoms with E-state index >= 15 is 0 Å². The van der Waals surface area contributed by atoms with Gasteiger partial charge in [-0.3, -0.25) is 4.57 Å². The van der Waals surface area contributed by atoms with Gasteiger partial charge in [0.1, 0.15) is 0 Å². The molecule has 266 valence electrons. The van der Waals surface area contributed by atoms with Crippen LogP contribution in [0.3, 0.4) is 0 Å². The van der Waals surface area contributed by atoms with Crippen molar-refractivity contribution in [2.75, 3.05) is 0 Å². The Balaban J connectivity index is 1.14. The van der Waals surface area contributed by atoms with Gasteiger partial charge >= 0.3 is 0 Å². The van der Waals surface area contributed by atoms with E-state index in [1.54, 1.807) is 11.3 Å². The summed E-state index contributed by atoms with van der Waals surface area (Å²) in [5.41, 5.74) is 12.3. The zero-order valence-corrected chi connectivity index (χ0v) is 31.5. The number of hydrogen-bond donors (Lipinski definition) is 0. The molecule has 12 rings (SSSR count). The van der Waals surface area contributed by atoms with Crippen molar-refractivity contribution in [3.63, 3.8) is 0 Å². The lowest BCUT2D eigenvalue weighted by atomic mass is 10.0. The summed E-state index contributed by atoms with van der Waals surface area (Å²) in [6, 6.07) is 69.6. The molecule has 0 bridgehead atoms. The number of benzene rings is 8. The van der Waals surface area contributed by atoms with Crippen molar-refractivity contribution < 1.29 is 0 Å². The van der Waals surface area contributed by atoms with Crippen LogP contribution >= 0.6 is 11.3 Å². The number of nitrogens with zero attached hydrogens (tertiary/aromatic N) is 4. The Morgan fingerprint density at radius 1 is 0.351 bits per heavy atom. The standard InChI is InChI=1S/C52H32N4S/c1-3-14-33(15-4-1)35-26-28-46-42(31-35)43-32-36(34-16-5-2-6-17-34)27-29-47(43)56(46)52-50-49(41-22-9-12-25-48(41)57-50)53-51(54-52)37-18-13-19-38(30-37)55-44-23-10-7-20-39(44)40-21-8-11-24-45(40)55/h1-32H. The van der Waals surface area contributed by atoms with Gasteiger partial charge < -0.3 is 4.57 Å². The van der Waals surface area contributed by atoms with Gasteiger partial charge in [-0.1, -0.05) is 140 Å². The molecule has 0 aliphatic carbocycles. The maximum absolute atomic E-state index is 5.57. The van der Waals surface area contributed by atoms with E-state index in [2.05, 4.69) is 203 Å². The molecule has 0 N–H and O–H groups in total. The molecule has 0 fully saturated rings. The molecule has 0 spiro atoms. The van der Waals surface area contributed by atoms with Gasteiger partial charge in [0.25, 0.3) is 0 Å². The topological polar surface area (TPSA) is 35.6 Å². The summed E-state index contributed by atoms with van der Waals surface area (Å²) in [4.78, 5) is 11.0. The molecule has 0 unspecified atom stereocenters. The highest BCUT2D eigenvalue weighted by atomic mass is 32.1. The van der Waals surface area contributed by atoms with Crippen molar-refractivity contribution in [3.8, 4) is 45.1 Å². The minimum absolute atomic E-state index is 0.695. The molecule has 0 atom stereocenters. The summed E-state index contributed by atoms with van der Waals surface area (Å²) in [6.45, 7) is 0. The highest BCUT2D eigenvalue weighted by Crippen LogP contribution is 2.42. The van der Waals surface area contributed by atoms with Gasteiger partial charge in [-0.25, -0.2) is 9.97 Å². The van der Waals surface area contributed by atoms with Gasteiger partial charge in [0.15, 0.2) is 11.6 Å². The van der Waals surface area contributed by atoms with Crippen LogP contribution in [-0.2, 0) is 0 Å². The fourth-order valence-corrected chi connectivity index (χ4v) is 9.84. The quantitative estimate of drug-likeness (QED) is 0.176. The predicted molar refractivity (Wildman–Crippen MR) is 240 cm³/mol. The van der Waals surface area contributed by atoms with E-state index in [1.807, 2.05) is 0 Å². The number of thiophene rings is 1. The molecule has 12 aromatic rings. The second kappa shape index (κ2) is 12.6. The van der Waals surface area contributed by atoms with E-state index in [-0.39, 0.29) is 0 Å². The highest BCUT2D eigenvalue weighted by Gasteiger charge is 2.22. The molecule has 4 heterocycles. The van der Waals surface area contributed by atoms with Crippen LogP contribution in [0.5, 0.6) is 0 Å². The van der Waals surface area contributed by atoms with E-state index in [9.17, 15) is 0 Å². The molecule has 4 nitrogen and oxygen atoms in total. The third-order valence-electron chi connectivity index (χ3n) is 11.3. The van der Waals surface area contributed by atoms with Gasteiger partial charge in [-0.15, -0.1) is 11.3 Å². The molecule has 4 aromatic heterocycles. The summed E-state index contributed by atoms with van der Waals surface area (Å²) >= 11 is 1.76. The first-order valence-electron chi connectivity index (χ1n) is 19.2. The van der Waals surface area contributed by atoms with E-state index in [1.165, 1.54) is 59.5 Å². The Kier molecular flexibility index (Phi) is 7.06. The molecular formula is C52H32N4S. The largest absolute Gasteiger partial charge is 0.309 e. The monoisotopic (exact) mass is 744 g/mol. The number of para-hydroxylation sites is 2. The summed E-state index contributed by atoms with van der Waals surface area (Å²) < 4.78 is 6.98. The molecule has 8 aromatic carbocycles. The first-order chi connectivity index (χ1) is 28.3. The zero-order valence-electron chi connectivity index (χ0n) is 30.7. The number of hydrogen-bond acceptors (Lipinski definition) is 3. The minimum Gasteiger partial charge on any atom is -0.309 e. The molecule has 0 aliphatic rings. The Labute approximate surface area is 332 Å². The zero-order chi connectivity index (χ0) is 37.5. The average Bonchev–Trinajstić information content (AvgIpc) is 3.94. The lowest BCUT2D eigenvalue weighted by Crippen LogP contribution is -2.02. The minimum atomic E-state index is 0.695. The van der Waals surface area contributed by atoms with Crippen molar-refractivity contribution >= 4 is 75.3 Å². The van der Waals surface area contributed by atoms with Gasteiger partial charge in [-0.2, -0.15) is 0 Å². The summed E-state index contributed by atoms with van der Waals surface area (Å²) in [5, 5.41) is 5.99. The van der Waals surface area contributed by atoms with Crippen molar-refractivity contribution in [3.05, 3.63) is 194 Å². The van der Waals surface area contributed by atoms with Crippen molar-refractivity contribution in [2.45, 2.75) is 0 Å². The van der Waals surface area contributed by atoms with E-state index in [0.29, 0.717) is 5.82 Å². The van der Waals surface area contributed by atoms with Crippen LogP contribution in [0.15, 0.2) is 194 Å². The van der Waals surface area contributed by atoms with E-state index in [4.69, 9.17) is 9.97 Å². The van der Waals surface area contributed by atoms with E-state index < -0.39 is 0 Å². The lowest BCUT2D eigenvalue weighted by Gasteiger charge is -2.13. The Morgan fingerprint density at radius 3 is 1.51 bits per heavy atom. The third kappa shape index (κ3) is 4.99. The average molecular weight is 745 g/mol. The second-order valence-corrected chi connectivity index (χ2v) is 15.7. The maximum atomic E-state index is 5.57. The number of fused-ring (bicyclic) bond motifs is 9. The highest BCUT2D eigenvalue weighted by molar-refractivity contribution is 7.26. The fraction of sp³-hybridized carbons (Fsp3) is 0. The van der Waals surface area contributed by atoms with Crippen molar-refractivity contribution in [1.82, 2.24) is 19.1 Å². The number of rotatable bonds is 5. The summed E-state index contributed by atoms with van der Waals surface area (Å²) in [6.07, 6.45) is 0. The van der Waals surface area contributed by atoms with Crippen LogP contribution in [0.25, 0.3) is 109 Å². The molecule has 0 radical (unpaired) electrons. The van der Waals surface area contributed by atoms with Gasteiger partial charge in [-0.05, 0) is 76.9 Å². The molecule has 0 saturated carbocycles. The Hall–Kier alpha value is -7.34. The SMILES string of the molecule is c1ccc(-c2ccc3c(c2)c2cc(-c4ccccc4)ccc2n3-c2nc(-c3cccc(-n4c5ccccc5c5ccccc54)c3)nc3c2sc2ccccc23)cc1. The van der Waals surface area contributed by atoms with Gasteiger partial charge in [0.05, 0.1) is 32.3 Å². The van der Waals surface area contributed by atoms with Crippen molar-refractivity contribution in [2.24, 2.45) is 0 Å². The molecule has 0 amide bonds. The normalized spacial score (nSPS) is 11.9. The van der Waals surface area contributed by atoms with Gasteiger partial charge in [0, 0.05) is 42.9 Å². The molecule has 0 saturated heterocycles. The first kappa shape index (κ1) is 32.0. The van der Waals surface area contributed by atoms with Crippen LogP contribution in [0.2, 0.25) is 0 Å². The third-order valence-corrected chi connectivity index (χ3v) is 12.5. The lowest BCUT2D eigenvalue weighted by molar-refractivity contribution is 1.08.